The van der Waals surface area contributed by atoms with E-state index in [1.807, 2.05) is 12.3 Å². The maximum Gasteiger partial charge on any atom is 0.238 e. The molecule has 6 nitrogen and oxygen atoms in total. The second kappa shape index (κ2) is 6.60. The highest BCUT2D eigenvalue weighted by atomic mass is 32.2. The predicted octanol–water partition coefficient (Wildman–Crippen LogP) is 1.09. The van der Waals surface area contributed by atoms with Gasteiger partial charge in [-0.05, 0) is 39.2 Å². The maximum absolute atomic E-state index is 12.4. The van der Waals surface area contributed by atoms with Crippen molar-refractivity contribution in [2.45, 2.75) is 50.9 Å². The van der Waals surface area contributed by atoms with Crippen LogP contribution in [0.3, 0.4) is 0 Å². The zero-order valence-corrected chi connectivity index (χ0v) is 13.4. The summed E-state index contributed by atoms with van der Waals surface area (Å²) in [5.74, 6) is -0.666. The Balaban J connectivity index is 2.06. The van der Waals surface area contributed by atoms with Crippen molar-refractivity contribution in [1.82, 2.24) is 14.7 Å². The average Bonchev–Trinajstić information content (AvgIpc) is 2.91. The van der Waals surface area contributed by atoms with Gasteiger partial charge < -0.3 is 4.90 Å². The highest BCUT2D eigenvalue weighted by molar-refractivity contribution is 7.92. The van der Waals surface area contributed by atoms with Crippen LogP contribution in [0.25, 0.3) is 0 Å². The van der Waals surface area contributed by atoms with E-state index in [9.17, 15) is 13.2 Å². The van der Waals surface area contributed by atoms with Gasteiger partial charge in [-0.3, -0.25) is 9.48 Å². The number of amides is 1. The van der Waals surface area contributed by atoms with Crippen molar-refractivity contribution in [2.75, 3.05) is 12.3 Å². The third-order valence-corrected chi connectivity index (χ3v) is 6.03. The lowest BCUT2D eigenvalue weighted by atomic mass is 10.0. The van der Waals surface area contributed by atoms with Crippen molar-refractivity contribution in [2.24, 2.45) is 0 Å². The highest BCUT2D eigenvalue weighted by Gasteiger charge is 2.30. The van der Waals surface area contributed by atoms with Gasteiger partial charge in [0.2, 0.25) is 5.91 Å². The minimum absolute atomic E-state index is 0.0357. The van der Waals surface area contributed by atoms with Gasteiger partial charge in [-0.2, -0.15) is 5.10 Å². The van der Waals surface area contributed by atoms with Gasteiger partial charge in [0.15, 0.2) is 9.84 Å². The molecule has 0 spiro atoms. The molecule has 0 aliphatic carbocycles. The number of rotatable bonds is 5. The van der Waals surface area contributed by atoms with E-state index in [4.69, 9.17) is 0 Å². The van der Waals surface area contributed by atoms with E-state index in [1.54, 1.807) is 29.6 Å². The first-order valence-electron chi connectivity index (χ1n) is 7.38. The Labute approximate surface area is 126 Å². The van der Waals surface area contributed by atoms with Crippen molar-refractivity contribution in [3.8, 4) is 0 Å². The molecule has 7 heteroatoms. The van der Waals surface area contributed by atoms with Crippen molar-refractivity contribution in [1.29, 1.82) is 0 Å². The van der Waals surface area contributed by atoms with Gasteiger partial charge in [-0.25, -0.2) is 8.42 Å². The van der Waals surface area contributed by atoms with E-state index < -0.39 is 15.1 Å². The quantitative estimate of drug-likeness (QED) is 0.815. The SMILES string of the molecule is CC(C)S(=O)(=O)CC(=O)N1CCCC[C@@H]1Cn1cccn1. The molecule has 0 radical (unpaired) electrons. The van der Waals surface area contributed by atoms with Crippen LogP contribution in [0, 0.1) is 0 Å². The lowest BCUT2D eigenvalue weighted by molar-refractivity contribution is -0.132. The molecule has 1 atom stereocenters. The number of nitrogens with zero attached hydrogens (tertiary/aromatic N) is 3. The molecule has 1 fully saturated rings. The molecule has 0 N–H and O–H groups in total. The third-order valence-electron chi connectivity index (χ3n) is 3.95. The van der Waals surface area contributed by atoms with Crippen molar-refractivity contribution in [3.05, 3.63) is 18.5 Å². The van der Waals surface area contributed by atoms with Gasteiger partial charge in [0.05, 0.1) is 17.8 Å². The molecule has 2 heterocycles. The van der Waals surface area contributed by atoms with Gasteiger partial charge >= 0.3 is 0 Å². The first-order valence-corrected chi connectivity index (χ1v) is 9.10. The number of piperidine rings is 1. The summed E-state index contributed by atoms with van der Waals surface area (Å²) < 4.78 is 25.7. The molecule has 21 heavy (non-hydrogen) atoms. The molecule has 1 saturated heterocycles. The lowest BCUT2D eigenvalue weighted by Crippen LogP contribution is -2.48. The van der Waals surface area contributed by atoms with Crippen LogP contribution in [0.2, 0.25) is 0 Å². The molecule has 1 aliphatic heterocycles. The van der Waals surface area contributed by atoms with E-state index in [2.05, 4.69) is 5.10 Å². The average molecular weight is 313 g/mol. The maximum atomic E-state index is 12.4. The van der Waals surface area contributed by atoms with Gasteiger partial charge in [0, 0.05) is 18.9 Å². The summed E-state index contributed by atoms with van der Waals surface area (Å²) in [6, 6.07) is 1.88. The summed E-state index contributed by atoms with van der Waals surface area (Å²) in [6.45, 7) is 4.49. The molecule has 0 bridgehead atoms. The van der Waals surface area contributed by atoms with Crippen LogP contribution < -0.4 is 0 Å². The number of hydrogen-bond acceptors (Lipinski definition) is 4. The Morgan fingerprint density at radius 2 is 2.14 bits per heavy atom. The normalized spacial score (nSPS) is 20.0. The molecule has 0 aromatic carbocycles. The van der Waals surface area contributed by atoms with Crippen LogP contribution in [-0.2, 0) is 21.2 Å². The van der Waals surface area contributed by atoms with E-state index in [0.29, 0.717) is 13.1 Å². The van der Waals surface area contributed by atoms with Crippen LogP contribution in [0.4, 0.5) is 0 Å². The first kappa shape index (κ1) is 16.0. The van der Waals surface area contributed by atoms with Crippen LogP contribution in [0.15, 0.2) is 18.5 Å². The van der Waals surface area contributed by atoms with Gasteiger partial charge in [-0.15, -0.1) is 0 Å². The predicted molar refractivity (Wildman–Crippen MR) is 80.5 cm³/mol. The summed E-state index contributed by atoms with van der Waals surface area (Å²) in [6.07, 6.45) is 6.46. The minimum atomic E-state index is -3.35. The highest BCUT2D eigenvalue weighted by Crippen LogP contribution is 2.19. The Bertz CT molecular complexity index is 566. The standard InChI is InChI=1S/C14H23N3O3S/c1-12(2)21(19,20)11-14(18)17-9-4-3-6-13(17)10-16-8-5-7-15-16/h5,7-8,12-13H,3-4,6,9-11H2,1-2H3/t13-/m1/s1. The second-order valence-electron chi connectivity index (χ2n) is 5.82. The minimum Gasteiger partial charge on any atom is -0.337 e. The summed E-state index contributed by atoms with van der Waals surface area (Å²) in [5, 5.41) is 3.65. The molecule has 2 rings (SSSR count). The molecular weight excluding hydrogens is 290 g/mol. The molecule has 0 unspecified atom stereocenters. The Hall–Kier alpha value is -1.37. The number of likely N-dealkylation sites (tertiary alicyclic amines) is 1. The monoisotopic (exact) mass is 313 g/mol. The molecule has 1 aliphatic rings. The van der Waals surface area contributed by atoms with E-state index in [1.165, 1.54) is 0 Å². The molecule has 1 amide bonds. The number of sulfone groups is 1. The largest absolute Gasteiger partial charge is 0.337 e. The summed E-state index contributed by atoms with van der Waals surface area (Å²) >= 11 is 0. The third kappa shape index (κ3) is 4.06. The van der Waals surface area contributed by atoms with Crippen LogP contribution in [0.1, 0.15) is 33.1 Å². The first-order chi connectivity index (χ1) is 9.90. The molecule has 1 aromatic heterocycles. The van der Waals surface area contributed by atoms with Gasteiger partial charge in [0.1, 0.15) is 5.75 Å². The zero-order valence-electron chi connectivity index (χ0n) is 12.6. The fourth-order valence-corrected chi connectivity index (χ4v) is 3.41. The summed E-state index contributed by atoms with van der Waals surface area (Å²) in [4.78, 5) is 14.1. The van der Waals surface area contributed by atoms with Crippen LogP contribution >= 0.6 is 0 Å². The van der Waals surface area contributed by atoms with Crippen LogP contribution in [0.5, 0.6) is 0 Å². The zero-order chi connectivity index (χ0) is 15.5. The number of carbonyl (C=O) groups is 1. The Morgan fingerprint density at radius 3 is 2.76 bits per heavy atom. The van der Waals surface area contributed by atoms with Crippen molar-refractivity contribution >= 4 is 15.7 Å². The molecule has 1 aromatic rings. The van der Waals surface area contributed by atoms with E-state index in [-0.39, 0.29) is 17.7 Å². The van der Waals surface area contributed by atoms with Crippen molar-refractivity contribution < 1.29 is 13.2 Å². The van der Waals surface area contributed by atoms with E-state index in [0.717, 1.165) is 19.3 Å². The number of hydrogen-bond donors (Lipinski definition) is 0. The summed E-state index contributed by atoms with van der Waals surface area (Å²) in [5.41, 5.74) is 0. The Morgan fingerprint density at radius 1 is 1.38 bits per heavy atom. The molecular formula is C14H23N3O3S. The van der Waals surface area contributed by atoms with E-state index >= 15 is 0 Å². The fraction of sp³-hybridized carbons (Fsp3) is 0.714. The number of aromatic nitrogens is 2. The van der Waals surface area contributed by atoms with Crippen molar-refractivity contribution in [3.63, 3.8) is 0 Å². The van der Waals surface area contributed by atoms with Crippen LogP contribution in [-0.4, -0.2) is 52.6 Å². The summed E-state index contributed by atoms with van der Waals surface area (Å²) in [7, 11) is -3.35. The molecule has 118 valence electrons. The Kier molecular flexibility index (Phi) is 5.03. The molecule has 0 saturated carbocycles. The lowest BCUT2D eigenvalue weighted by Gasteiger charge is -2.35. The van der Waals surface area contributed by atoms with Gasteiger partial charge in [-0.1, -0.05) is 0 Å². The second-order valence-corrected chi connectivity index (χ2v) is 8.38. The smallest absolute Gasteiger partial charge is 0.238 e. The number of carbonyl (C=O) groups excluding carboxylic acids is 1. The van der Waals surface area contributed by atoms with Gasteiger partial charge in [0.25, 0.3) is 0 Å². The fourth-order valence-electron chi connectivity index (χ4n) is 2.56. The topological polar surface area (TPSA) is 72.3 Å².